The summed E-state index contributed by atoms with van der Waals surface area (Å²) in [5, 5.41) is 13.9. The Labute approximate surface area is 117 Å². The summed E-state index contributed by atoms with van der Waals surface area (Å²) in [6, 6.07) is 3.83. The molecular formula is C14H20F2N2O2. The maximum atomic E-state index is 13.1. The Bertz CT molecular complexity index is 447. The van der Waals surface area contributed by atoms with E-state index in [1.54, 1.807) is 0 Å². The Morgan fingerprint density at radius 3 is 2.55 bits per heavy atom. The molecule has 1 unspecified atom stereocenters. The molecule has 6 heteroatoms. The summed E-state index contributed by atoms with van der Waals surface area (Å²) < 4.78 is 26.1. The number of hydrogen-bond acceptors (Lipinski definition) is 3. The van der Waals surface area contributed by atoms with Crippen LogP contribution in [0, 0.1) is 10.1 Å². The van der Waals surface area contributed by atoms with Crippen molar-refractivity contribution >= 4 is 5.69 Å². The van der Waals surface area contributed by atoms with E-state index in [1.807, 2.05) is 13.8 Å². The van der Waals surface area contributed by atoms with Crippen LogP contribution in [0.4, 0.5) is 14.5 Å². The molecule has 20 heavy (non-hydrogen) atoms. The second-order valence-electron chi connectivity index (χ2n) is 4.69. The third kappa shape index (κ3) is 4.52. The molecule has 0 aliphatic carbocycles. The average Bonchev–Trinajstić information content (AvgIpc) is 2.39. The second kappa shape index (κ2) is 7.89. The molecule has 0 heterocycles. The van der Waals surface area contributed by atoms with Crippen molar-refractivity contribution in [3.05, 3.63) is 39.4 Å². The van der Waals surface area contributed by atoms with Crippen molar-refractivity contribution in [1.82, 2.24) is 5.32 Å². The fraction of sp³-hybridized carbons (Fsp3) is 0.571. The monoisotopic (exact) mass is 286 g/mol. The molecule has 0 aliphatic heterocycles. The molecule has 1 atom stereocenters. The SMILES string of the molecule is CCCC(Cc1ccc([N+](=O)[O-])cc1C(F)F)NCC. The molecule has 0 amide bonds. The number of nitrogens with one attached hydrogen (secondary N) is 1. The summed E-state index contributed by atoms with van der Waals surface area (Å²) in [5.74, 6) is 0. The standard InChI is InChI=1S/C14H20F2N2O2/c1-3-5-11(17-4-2)8-10-6-7-12(18(19)20)9-13(10)14(15)16/h6-7,9,11,14,17H,3-5,8H2,1-2H3. The van der Waals surface area contributed by atoms with Gasteiger partial charge in [-0.3, -0.25) is 10.1 Å². The zero-order chi connectivity index (χ0) is 15.1. The molecule has 0 radical (unpaired) electrons. The number of nitro benzene ring substituents is 1. The van der Waals surface area contributed by atoms with E-state index < -0.39 is 11.3 Å². The highest BCUT2D eigenvalue weighted by Gasteiger charge is 2.19. The first-order chi connectivity index (χ1) is 9.49. The van der Waals surface area contributed by atoms with E-state index in [2.05, 4.69) is 5.32 Å². The third-order valence-corrected chi connectivity index (χ3v) is 3.17. The quantitative estimate of drug-likeness (QED) is 0.583. The van der Waals surface area contributed by atoms with Gasteiger partial charge in [0.15, 0.2) is 0 Å². The van der Waals surface area contributed by atoms with Crippen LogP contribution in [0.1, 0.15) is 44.2 Å². The van der Waals surface area contributed by atoms with Crippen LogP contribution in [0.5, 0.6) is 0 Å². The minimum Gasteiger partial charge on any atom is -0.314 e. The van der Waals surface area contributed by atoms with Crippen LogP contribution in [0.15, 0.2) is 18.2 Å². The Morgan fingerprint density at radius 2 is 2.05 bits per heavy atom. The Balaban J connectivity index is 3.00. The lowest BCUT2D eigenvalue weighted by atomic mass is 9.97. The van der Waals surface area contributed by atoms with E-state index in [0.717, 1.165) is 25.5 Å². The van der Waals surface area contributed by atoms with Gasteiger partial charge < -0.3 is 5.32 Å². The predicted molar refractivity (Wildman–Crippen MR) is 74.1 cm³/mol. The molecule has 0 bridgehead atoms. The van der Waals surface area contributed by atoms with Crippen LogP contribution in [0.25, 0.3) is 0 Å². The molecule has 0 saturated carbocycles. The number of benzene rings is 1. The normalized spacial score (nSPS) is 12.7. The van der Waals surface area contributed by atoms with Crippen LogP contribution < -0.4 is 5.32 Å². The summed E-state index contributed by atoms with van der Waals surface area (Å²) >= 11 is 0. The van der Waals surface area contributed by atoms with Crippen molar-refractivity contribution in [3.8, 4) is 0 Å². The van der Waals surface area contributed by atoms with Crippen LogP contribution in [0.2, 0.25) is 0 Å². The highest BCUT2D eigenvalue weighted by molar-refractivity contribution is 5.41. The first kappa shape index (κ1) is 16.5. The van der Waals surface area contributed by atoms with Gasteiger partial charge >= 0.3 is 0 Å². The fourth-order valence-corrected chi connectivity index (χ4v) is 2.26. The highest BCUT2D eigenvalue weighted by Crippen LogP contribution is 2.28. The van der Waals surface area contributed by atoms with E-state index >= 15 is 0 Å². The van der Waals surface area contributed by atoms with Gasteiger partial charge in [0.1, 0.15) is 0 Å². The lowest BCUT2D eigenvalue weighted by Gasteiger charge is -2.19. The molecule has 1 rings (SSSR count). The van der Waals surface area contributed by atoms with Gasteiger partial charge in [-0.25, -0.2) is 8.78 Å². The number of rotatable bonds is 8. The molecular weight excluding hydrogens is 266 g/mol. The van der Waals surface area contributed by atoms with Crippen LogP contribution >= 0.6 is 0 Å². The molecule has 1 N–H and O–H groups in total. The Hall–Kier alpha value is -1.56. The third-order valence-electron chi connectivity index (χ3n) is 3.17. The highest BCUT2D eigenvalue weighted by atomic mass is 19.3. The Morgan fingerprint density at radius 1 is 1.35 bits per heavy atom. The number of hydrogen-bond donors (Lipinski definition) is 1. The van der Waals surface area contributed by atoms with Crippen molar-refractivity contribution in [1.29, 1.82) is 0 Å². The number of non-ortho nitro benzene ring substituents is 1. The van der Waals surface area contributed by atoms with E-state index in [-0.39, 0.29) is 17.3 Å². The van der Waals surface area contributed by atoms with Crippen molar-refractivity contribution in [2.24, 2.45) is 0 Å². The lowest BCUT2D eigenvalue weighted by molar-refractivity contribution is -0.385. The first-order valence-electron chi connectivity index (χ1n) is 6.78. The van der Waals surface area contributed by atoms with Gasteiger partial charge in [-0.2, -0.15) is 0 Å². The van der Waals surface area contributed by atoms with E-state index in [1.165, 1.54) is 12.1 Å². The van der Waals surface area contributed by atoms with Crippen LogP contribution in [-0.4, -0.2) is 17.5 Å². The molecule has 0 fully saturated rings. The van der Waals surface area contributed by atoms with E-state index in [0.29, 0.717) is 12.0 Å². The predicted octanol–water partition coefficient (Wildman–Crippen LogP) is 3.85. The van der Waals surface area contributed by atoms with E-state index in [4.69, 9.17) is 0 Å². The zero-order valence-electron chi connectivity index (χ0n) is 11.7. The molecule has 112 valence electrons. The van der Waals surface area contributed by atoms with Gasteiger partial charge in [0, 0.05) is 23.7 Å². The zero-order valence-corrected chi connectivity index (χ0v) is 11.7. The number of halogens is 2. The fourth-order valence-electron chi connectivity index (χ4n) is 2.26. The lowest BCUT2D eigenvalue weighted by Crippen LogP contribution is -2.31. The first-order valence-corrected chi connectivity index (χ1v) is 6.78. The summed E-state index contributed by atoms with van der Waals surface area (Å²) in [4.78, 5) is 10.0. The largest absolute Gasteiger partial charge is 0.314 e. The minimum atomic E-state index is -2.70. The maximum absolute atomic E-state index is 13.1. The minimum absolute atomic E-state index is 0.115. The van der Waals surface area contributed by atoms with Gasteiger partial charge in [-0.15, -0.1) is 0 Å². The summed E-state index contributed by atoms with van der Waals surface area (Å²) in [6.07, 6.45) is -0.407. The molecule has 0 spiro atoms. The molecule has 1 aromatic carbocycles. The van der Waals surface area contributed by atoms with Crippen LogP contribution in [0.3, 0.4) is 0 Å². The molecule has 0 aromatic heterocycles. The average molecular weight is 286 g/mol. The van der Waals surface area contributed by atoms with Crippen molar-refractivity contribution in [2.75, 3.05) is 6.54 Å². The summed E-state index contributed by atoms with van der Waals surface area (Å²) in [5.41, 5.74) is -0.0530. The van der Waals surface area contributed by atoms with Crippen molar-refractivity contribution in [3.63, 3.8) is 0 Å². The van der Waals surface area contributed by atoms with Gasteiger partial charge in [0.2, 0.25) is 0 Å². The van der Waals surface area contributed by atoms with Gasteiger partial charge in [0.05, 0.1) is 4.92 Å². The van der Waals surface area contributed by atoms with Crippen LogP contribution in [-0.2, 0) is 6.42 Å². The second-order valence-corrected chi connectivity index (χ2v) is 4.69. The molecule has 0 aliphatic rings. The van der Waals surface area contributed by atoms with Gasteiger partial charge in [-0.05, 0) is 24.9 Å². The van der Waals surface area contributed by atoms with Gasteiger partial charge in [0.25, 0.3) is 12.1 Å². The van der Waals surface area contributed by atoms with Crippen molar-refractivity contribution < 1.29 is 13.7 Å². The number of alkyl halides is 2. The molecule has 0 saturated heterocycles. The molecule has 4 nitrogen and oxygen atoms in total. The molecule has 1 aromatic rings. The van der Waals surface area contributed by atoms with E-state index in [9.17, 15) is 18.9 Å². The summed E-state index contributed by atoms with van der Waals surface area (Å²) in [7, 11) is 0. The topological polar surface area (TPSA) is 55.2 Å². The number of likely N-dealkylation sites (N-methyl/N-ethyl adjacent to an activating group) is 1. The van der Waals surface area contributed by atoms with Crippen molar-refractivity contribution in [2.45, 2.75) is 45.6 Å². The maximum Gasteiger partial charge on any atom is 0.269 e. The number of nitro groups is 1. The number of nitrogens with zero attached hydrogens (tertiary/aromatic N) is 1. The Kier molecular flexibility index (Phi) is 6.51. The summed E-state index contributed by atoms with van der Waals surface area (Å²) in [6.45, 7) is 4.77. The smallest absolute Gasteiger partial charge is 0.269 e. The van der Waals surface area contributed by atoms with Gasteiger partial charge in [-0.1, -0.05) is 26.3 Å².